The maximum Gasteiger partial charge on any atom is 0.415 e. The Morgan fingerprint density at radius 3 is 2.58 bits per heavy atom. The van der Waals surface area contributed by atoms with Crippen LogP contribution in [-0.4, -0.2) is 29.3 Å². The summed E-state index contributed by atoms with van der Waals surface area (Å²) in [6.07, 6.45) is 6.64. The van der Waals surface area contributed by atoms with Crippen LogP contribution in [0.5, 0.6) is 5.75 Å². The number of carbonyl (C=O) groups is 1. The third-order valence-electron chi connectivity index (χ3n) is 6.67. The van der Waals surface area contributed by atoms with E-state index < -0.39 is 11.7 Å². The number of hydrogen-bond donors (Lipinski definition) is 1. The van der Waals surface area contributed by atoms with Gasteiger partial charge < -0.3 is 14.5 Å². The van der Waals surface area contributed by atoms with Gasteiger partial charge in [-0.05, 0) is 88.3 Å². The number of fused-ring (bicyclic) bond motifs is 3. The van der Waals surface area contributed by atoms with Crippen molar-refractivity contribution in [3.63, 3.8) is 0 Å². The zero-order valence-corrected chi connectivity index (χ0v) is 21.4. The zero-order chi connectivity index (χ0) is 25.4. The lowest BCUT2D eigenvalue weighted by atomic mass is 9.81. The Hall–Kier alpha value is -3.13. The largest absolute Gasteiger partial charge is 0.490 e. The van der Waals surface area contributed by atoms with Gasteiger partial charge in [-0.3, -0.25) is 4.90 Å². The monoisotopic (exact) mass is 512 g/mol. The van der Waals surface area contributed by atoms with Gasteiger partial charge in [0.05, 0.1) is 35.2 Å². The van der Waals surface area contributed by atoms with E-state index in [9.17, 15) is 9.18 Å². The lowest BCUT2D eigenvalue weighted by molar-refractivity contribution is 0.0584. The molecule has 2 aromatic rings. The van der Waals surface area contributed by atoms with Crippen molar-refractivity contribution >= 4 is 35.2 Å². The van der Waals surface area contributed by atoms with Crippen LogP contribution in [0.4, 0.5) is 14.9 Å². The van der Waals surface area contributed by atoms with E-state index in [0.717, 1.165) is 53.2 Å². The number of halogens is 2. The van der Waals surface area contributed by atoms with Gasteiger partial charge in [0, 0.05) is 17.1 Å². The molecular formula is C27H30ClFN4O3. The van der Waals surface area contributed by atoms with Gasteiger partial charge in [0.2, 0.25) is 0 Å². The Bertz CT molecular complexity index is 1330. The average molecular weight is 513 g/mol. The minimum atomic E-state index is -0.630. The number of rotatable bonds is 3. The Kier molecular flexibility index (Phi) is 6.64. The maximum absolute atomic E-state index is 13.2. The predicted octanol–water partition coefficient (Wildman–Crippen LogP) is 5.52. The summed E-state index contributed by atoms with van der Waals surface area (Å²) >= 11 is 6.90. The molecule has 190 valence electrons. The van der Waals surface area contributed by atoms with Crippen molar-refractivity contribution in [3.8, 4) is 5.75 Å². The number of carbonyl (C=O) groups excluding carboxylic acids is 1. The smallest absolute Gasteiger partial charge is 0.415 e. The fourth-order valence-electron chi connectivity index (χ4n) is 5.07. The summed E-state index contributed by atoms with van der Waals surface area (Å²) in [7, 11) is 0. The second-order valence-corrected chi connectivity index (χ2v) is 10.8. The molecule has 0 saturated heterocycles. The fourth-order valence-corrected chi connectivity index (χ4v) is 5.39. The van der Waals surface area contributed by atoms with Crippen molar-refractivity contribution in [1.29, 1.82) is 0 Å². The molecule has 2 aliphatic heterocycles. The van der Waals surface area contributed by atoms with E-state index in [1.54, 1.807) is 23.2 Å². The molecule has 3 heterocycles. The molecule has 0 atom stereocenters. The highest BCUT2D eigenvalue weighted by Crippen LogP contribution is 2.38. The molecule has 3 aliphatic rings. The molecule has 5 rings (SSSR count). The van der Waals surface area contributed by atoms with Gasteiger partial charge in [-0.25, -0.2) is 9.18 Å². The Morgan fingerprint density at radius 1 is 1.17 bits per heavy atom. The average Bonchev–Trinajstić information content (AvgIpc) is 3.12. The fraction of sp³-hybridized carbons (Fsp3) is 0.444. The number of aromatic amines is 1. The molecule has 0 spiro atoms. The van der Waals surface area contributed by atoms with Crippen LogP contribution < -0.4 is 20.3 Å². The standard InChI is InChI=1S/C27H30ClFN4O3/c1-27(2,3)36-26(34)33-13-12-21(28)23(24-25(33)20-14-30-31-15-22(20)32-24)16-4-8-18(9-5-16)35-19-10-6-17(29)7-11-19/h6-7,10-12,15-16,18,32H,4-5,8-9,13-14H2,1-3H3/t16-,18-. The molecule has 9 heteroatoms. The summed E-state index contributed by atoms with van der Waals surface area (Å²) in [4.78, 5) is 18.4. The molecule has 1 N–H and O–H groups in total. The van der Waals surface area contributed by atoms with Crippen LogP contribution in [0.1, 0.15) is 52.0 Å². The van der Waals surface area contributed by atoms with Gasteiger partial charge in [0.1, 0.15) is 17.2 Å². The van der Waals surface area contributed by atoms with Crippen molar-refractivity contribution in [2.24, 2.45) is 16.1 Å². The van der Waals surface area contributed by atoms with Gasteiger partial charge in [0.15, 0.2) is 0 Å². The maximum atomic E-state index is 13.2. The molecule has 1 saturated carbocycles. The lowest BCUT2D eigenvalue weighted by Crippen LogP contribution is -2.39. The summed E-state index contributed by atoms with van der Waals surface area (Å²) in [5.74, 6) is 0.586. The molecule has 1 aromatic heterocycles. The predicted molar refractivity (Wildman–Crippen MR) is 137 cm³/mol. The van der Waals surface area contributed by atoms with Crippen LogP contribution in [0.25, 0.3) is 11.8 Å². The second-order valence-electron chi connectivity index (χ2n) is 10.4. The third-order valence-corrected chi connectivity index (χ3v) is 7.03. The van der Waals surface area contributed by atoms with Gasteiger partial charge >= 0.3 is 6.09 Å². The normalized spacial score (nSPS) is 21.6. The Morgan fingerprint density at radius 2 is 1.89 bits per heavy atom. The van der Waals surface area contributed by atoms with Crippen LogP contribution >= 0.6 is 11.6 Å². The molecule has 1 amide bonds. The number of azo groups is 1. The molecule has 1 aromatic carbocycles. The van der Waals surface area contributed by atoms with Crippen LogP contribution in [-0.2, 0) is 11.3 Å². The van der Waals surface area contributed by atoms with E-state index in [1.165, 1.54) is 12.1 Å². The highest BCUT2D eigenvalue weighted by Gasteiger charge is 2.33. The number of benzene rings is 1. The van der Waals surface area contributed by atoms with Crippen molar-refractivity contribution in [2.75, 3.05) is 11.4 Å². The van der Waals surface area contributed by atoms with Crippen molar-refractivity contribution in [1.82, 2.24) is 4.98 Å². The number of nitrogens with one attached hydrogen (secondary N) is 1. The van der Waals surface area contributed by atoms with E-state index >= 15 is 0 Å². The van der Waals surface area contributed by atoms with Crippen LogP contribution in [0.15, 0.2) is 45.6 Å². The minimum absolute atomic E-state index is 0.0568. The van der Waals surface area contributed by atoms with Crippen molar-refractivity contribution in [3.05, 3.63) is 57.5 Å². The summed E-state index contributed by atoms with van der Waals surface area (Å²) in [6.45, 7) is 6.23. The van der Waals surface area contributed by atoms with E-state index in [0.29, 0.717) is 23.9 Å². The molecule has 0 unspecified atom stereocenters. The summed E-state index contributed by atoms with van der Waals surface area (Å²) in [5.41, 5.74) is 2.05. The van der Waals surface area contributed by atoms with Gasteiger partial charge in [-0.2, -0.15) is 10.2 Å². The number of ether oxygens (including phenoxy) is 2. The molecule has 0 bridgehead atoms. The molecular weight excluding hydrogens is 483 g/mol. The van der Waals surface area contributed by atoms with Gasteiger partial charge in [-0.15, -0.1) is 0 Å². The van der Waals surface area contributed by atoms with E-state index in [2.05, 4.69) is 15.2 Å². The first-order valence-electron chi connectivity index (χ1n) is 12.3. The summed E-state index contributed by atoms with van der Waals surface area (Å²) < 4.78 is 25.1. The number of hydrogen-bond acceptors (Lipinski definition) is 5. The van der Waals surface area contributed by atoms with E-state index in [-0.39, 0.29) is 17.8 Å². The SMILES string of the molecule is CC(C)(C)OC(=O)N1CC=C(Cl)C([C@H]2CC[C@H](Oc3ccc(F)cc3)CC2)=c2[nH]c3c(c21)CN=NC=3. The molecule has 0 radical (unpaired) electrons. The first-order valence-corrected chi connectivity index (χ1v) is 12.7. The van der Waals surface area contributed by atoms with Gasteiger partial charge in [0.25, 0.3) is 0 Å². The second kappa shape index (κ2) is 9.73. The Labute approximate surface area is 214 Å². The van der Waals surface area contributed by atoms with E-state index in [1.807, 2.05) is 26.8 Å². The molecule has 1 fully saturated rings. The van der Waals surface area contributed by atoms with Crippen molar-refractivity contribution < 1.29 is 18.7 Å². The number of allylic oxidation sites excluding steroid dienone is 1. The number of H-pyrrole nitrogens is 1. The lowest BCUT2D eigenvalue weighted by Gasteiger charge is -2.30. The highest BCUT2D eigenvalue weighted by atomic mass is 35.5. The zero-order valence-electron chi connectivity index (χ0n) is 20.7. The van der Waals surface area contributed by atoms with Gasteiger partial charge in [-0.1, -0.05) is 11.6 Å². The van der Waals surface area contributed by atoms with Crippen LogP contribution in [0.2, 0.25) is 0 Å². The number of anilines is 1. The van der Waals surface area contributed by atoms with Crippen molar-refractivity contribution in [2.45, 2.75) is 64.7 Å². The Balaban J connectivity index is 1.48. The van der Waals surface area contributed by atoms with E-state index in [4.69, 9.17) is 21.1 Å². The minimum Gasteiger partial charge on any atom is -0.490 e. The molecule has 7 nitrogen and oxygen atoms in total. The first-order chi connectivity index (χ1) is 17.2. The molecule has 1 aliphatic carbocycles. The van der Waals surface area contributed by atoms with Crippen LogP contribution in [0, 0.1) is 11.7 Å². The third kappa shape index (κ3) is 5.05. The summed E-state index contributed by atoms with van der Waals surface area (Å²) in [6, 6.07) is 6.14. The quantitative estimate of drug-likeness (QED) is 0.587. The topological polar surface area (TPSA) is 79.3 Å². The number of amides is 1. The molecule has 36 heavy (non-hydrogen) atoms. The number of nitrogens with zero attached hydrogens (tertiary/aromatic N) is 3. The first kappa shape index (κ1) is 24.6. The van der Waals surface area contributed by atoms with Crippen LogP contribution in [0.3, 0.4) is 0 Å². The number of aromatic nitrogens is 1. The summed E-state index contributed by atoms with van der Waals surface area (Å²) in [5, 5.41) is 10.5. The highest BCUT2D eigenvalue weighted by molar-refractivity contribution is 6.36.